The first-order valence-electron chi connectivity index (χ1n) is 10.7. The van der Waals surface area contributed by atoms with Gasteiger partial charge >= 0.3 is 0 Å². The average Bonchev–Trinajstić information content (AvgIpc) is 3.26. The van der Waals surface area contributed by atoms with Crippen molar-refractivity contribution >= 4 is 29.0 Å². The van der Waals surface area contributed by atoms with Crippen LogP contribution < -0.4 is 20.3 Å². The zero-order valence-electron chi connectivity index (χ0n) is 18.1. The van der Waals surface area contributed by atoms with Crippen LogP contribution >= 0.6 is 12.2 Å². The van der Waals surface area contributed by atoms with Gasteiger partial charge < -0.3 is 24.7 Å². The molecule has 0 radical (unpaired) electrons. The maximum Gasteiger partial charge on any atom is 0.262 e. The summed E-state index contributed by atoms with van der Waals surface area (Å²) in [6, 6.07) is 10.6. The number of likely N-dealkylation sites (N-methyl/N-ethyl adjacent to an activating group) is 1. The zero-order valence-corrected chi connectivity index (χ0v) is 19.0. The number of rotatable bonds is 8. The van der Waals surface area contributed by atoms with E-state index < -0.39 is 0 Å². The molecule has 32 heavy (non-hydrogen) atoms. The van der Waals surface area contributed by atoms with Gasteiger partial charge in [-0.3, -0.25) is 14.2 Å². The van der Waals surface area contributed by atoms with Gasteiger partial charge in [0.25, 0.3) is 11.5 Å². The van der Waals surface area contributed by atoms with Crippen LogP contribution in [0.25, 0.3) is 10.9 Å². The molecule has 2 N–H and O–H groups in total. The fourth-order valence-corrected chi connectivity index (χ4v) is 3.96. The van der Waals surface area contributed by atoms with Gasteiger partial charge in [-0.25, -0.2) is 0 Å². The molecular formula is C23H26N4O4S. The third-order valence-electron chi connectivity index (χ3n) is 5.64. The Labute approximate surface area is 190 Å². The lowest BCUT2D eigenvalue weighted by atomic mass is 10.1. The summed E-state index contributed by atoms with van der Waals surface area (Å²) < 4.78 is 12.6. The van der Waals surface area contributed by atoms with Crippen LogP contribution in [0.5, 0.6) is 11.5 Å². The maximum atomic E-state index is 13.1. The Morgan fingerprint density at radius 1 is 1.16 bits per heavy atom. The molecule has 2 aromatic carbocycles. The largest absolute Gasteiger partial charge is 0.454 e. The summed E-state index contributed by atoms with van der Waals surface area (Å²) in [4.78, 5) is 30.8. The SMILES string of the molecule is CCN(CC)CCNC(=O)c1ccc(Cn2c(=S)[nH]c3cc4c(cc3c2=O)OCO4)cc1. The van der Waals surface area contributed by atoms with E-state index in [1.54, 1.807) is 24.3 Å². The number of carbonyl (C=O) groups is 1. The van der Waals surface area contributed by atoms with E-state index in [2.05, 4.69) is 29.0 Å². The van der Waals surface area contributed by atoms with Gasteiger partial charge in [-0.05, 0) is 49.1 Å². The van der Waals surface area contributed by atoms with Gasteiger partial charge in [0.15, 0.2) is 16.3 Å². The number of hydrogen-bond acceptors (Lipinski definition) is 6. The van der Waals surface area contributed by atoms with Gasteiger partial charge in [-0.2, -0.15) is 0 Å². The second kappa shape index (κ2) is 9.54. The summed E-state index contributed by atoms with van der Waals surface area (Å²) in [7, 11) is 0. The Morgan fingerprint density at radius 3 is 2.53 bits per heavy atom. The number of aromatic amines is 1. The minimum absolute atomic E-state index is 0.111. The second-order valence-corrected chi connectivity index (χ2v) is 7.94. The van der Waals surface area contributed by atoms with E-state index in [9.17, 15) is 9.59 Å². The van der Waals surface area contributed by atoms with Crippen molar-refractivity contribution in [2.75, 3.05) is 33.0 Å². The van der Waals surface area contributed by atoms with Gasteiger partial charge in [0.1, 0.15) is 0 Å². The molecular weight excluding hydrogens is 428 g/mol. The number of nitrogens with zero attached hydrogens (tertiary/aromatic N) is 2. The topological polar surface area (TPSA) is 88.6 Å². The first kappa shape index (κ1) is 22.0. The number of aromatic nitrogens is 2. The smallest absolute Gasteiger partial charge is 0.262 e. The molecule has 8 nitrogen and oxygen atoms in total. The summed E-state index contributed by atoms with van der Waals surface area (Å²) in [6.07, 6.45) is 0. The highest BCUT2D eigenvalue weighted by atomic mass is 32.1. The van der Waals surface area contributed by atoms with Crippen molar-refractivity contribution in [2.24, 2.45) is 0 Å². The molecule has 9 heteroatoms. The van der Waals surface area contributed by atoms with E-state index >= 15 is 0 Å². The predicted octanol–water partition coefficient (Wildman–Crippen LogP) is 2.91. The van der Waals surface area contributed by atoms with Crippen molar-refractivity contribution in [2.45, 2.75) is 20.4 Å². The van der Waals surface area contributed by atoms with Crippen LogP contribution in [-0.4, -0.2) is 53.3 Å². The van der Waals surface area contributed by atoms with Crippen molar-refractivity contribution in [1.29, 1.82) is 0 Å². The highest BCUT2D eigenvalue weighted by Gasteiger charge is 2.17. The summed E-state index contributed by atoms with van der Waals surface area (Å²) in [5.74, 6) is 1.02. The number of hydrogen-bond donors (Lipinski definition) is 2. The van der Waals surface area contributed by atoms with Crippen LogP contribution in [0, 0.1) is 4.77 Å². The molecule has 3 aromatic rings. The van der Waals surface area contributed by atoms with Crippen LogP contribution in [0.3, 0.4) is 0 Å². The molecule has 0 atom stereocenters. The molecule has 4 rings (SSSR count). The Balaban J connectivity index is 1.49. The lowest BCUT2D eigenvalue weighted by Crippen LogP contribution is -2.34. The Morgan fingerprint density at radius 2 is 1.84 bits per heavy atom. The molecule has 0 saturated carbocycles. The van der Waals surface area contributed by atoms with E-state index in [1.807, 2.05) is 12.1 Å². The fourth-order valence-electron chi connectivity index (χ4n) is 3.70. The summed E-state index contributed by atoms with van der Waals surface area (Å²) in [5.41, 5.74) is 1.85. The van der Waals surface area contributed by atoms with Gasteiger partial charge in [0.2, 0.25) is 6.79 Å². The molecule has 1 aliphatic heterocycles. The van der Waals surface area contributed by atoms with Gasteiger partial charge in [0.05, 0.1) is 17.4 Å². The molecule has 0 bridgehead atoms. The summed E-state index contributed by atoms with van der Waals surface area (Å²) in [6.45, 7) is 7.97. The third-order valence-corrected chi connectivity index (χ3v) is 5.96. The Hall–Kier alpha value is -3.17. The quantitative estimate of drug-likeness (QED) is 0.509. The lowest BCUT2D eigenvalue weighted by molar-refractivity contribution is 0.0949. The minimum atomic E-state index is -0.208. The standard InChI is InChI=1S/C23H26N4O4S/c1-3-26(4-2)10-9-24-21(28)16-7-5-15(6-8-16)13-27-22(29)17-11-19-20(31-14-30-19)12-18(17)25-23(27)32/h5-8,11-12H,3-4,9-10,13-14H2,1-2H3,(H,24,28)(H,25,32). The molecule has 0 fully saturated rings. The van der Waals surface area contributed by atoms with Crippen molar-refractivity contribution in [3.63, 3.8) is 0 Å². The monoisotopic (exact) mass is 454 g/mol. The van der Waals surface area contributed by atoms with Crippen LogP contribution in [0.4, 0.5) is 0 Å². The van der Waals surface area contributed by atoms with Crippen LogP contribution in [0.15, 0.2) is 41.2 Å². The van der Waals surface area contributed by atoms with E-state index in [0.717, 1.165) is 25.2 Å². The van der Waals surface area contributed by atoms with E-state index in [0.29, 0.717) is 45.8 Å². The molecule has 0 aliphatic carbocycles. The van der Waals surface area contributed by atoms with Gasteiger partial charge in [-0.15, -0.1) is 0 Å². The Kier molecular flexibility index (Phi) is 6.57. The third kappa shape index (κ3) is 4.53. The molecule has 168 valence electrons. The van der Waals surface area contributed by atoms with Crippen molar-refractivity contribution < 1.29 is 14.3 Å². The van der Waals surface area contributed by atoms with Crippen LogP contribution in [-0.2, 0) is 6.54 Å². The molecule has 0 spiro atoms. The summed E-state index contributed by atoms with van der Waals surface area (Å²) >= 11 is 5.42. The van der Waals surface area contributed by atoms with Gasteiger partial charge in [-0.1, -0.05) is 26.0 Å². The number of amides is 1. The predicted molar refractivity (Wildman–Crippen MR) is 125 cm³/mol. The average molecular weight is 455 g/mol. The zero-order chi connectivity index (χ0) is 22.7. The normalized spacial score (nSPS) is 12.5. The molecule has 0 unspecified atom stereocenters. The molecule has 1 amide bonds. The van der Waals surface area contributed by atoms with Crippen molar-refractivity contribution in [3.8, 4) is 11.5 Å². The fraction of sp³-hybridized carbons (Fsp3) is 0.348. The first-order chi connectivity index (χ1) is 15.5. The van der Waals surface area contributed by atoms with Crippen molar-refractivity contribution in [1.82, 2.24) is 19.8 Å². The Bertz CT molecular complexity index is 1250. The van der Waals surface area contributed by atoms with Crippen LogP contribution in [0.2, 0.25) is 0 Å². The van der Waals surface area contributed by atoms with Crippen LogP contribution in [0.1, 0.15) is 29.8 Å². The number of carbonyl (C=O) groups excluding carboxylic acids is 1. The van der Waals surface area contributed by atoms with E-state index in [4.69, 9.17) is 21.7 Å². The maximum absolute atomic E-state index is 13.1. The molecule has 1 aliphatic rings. The number of ether oxygens (including phenoxy) is 2. The number of nitrogens with one attached hydrogen (secondary N) is 2. The second-order valence-electron chi connectivity index (χ2n) is 7.55. The number of benzene rings is 2. The van der Waals surface area contributed by atoms with E-state index in [1.165, 1.54) is 4.57 Å². The highest BCUT2D eigenvalue weighted by Crippen LogP contribution is 2.34. The minimum Gasteiger partial charge on any atom is -0.454 e. The van der Waals surface area contributed by atoms with E-state index in [-0.39, 0.29) is 18.3 Å². The van der Waals surface area contributed by atoms with Gasteiger partial charge in [0, 0.05) is 24.7 Å². The molecule has 0 saturated heterocycles. The summed E-state index contributed by atoms with van der Waals surface area (Å²) in [5, 5.41) is 3.43. The van der Waals surface area contributed by atoms with Crippen molar-refractivity contribution in [3.05, 3.63) is 62.6 Å². The lowest BCUT2D eigenvalue weighted by Gasteiger charge is -2.18. The number of H-pyrrole nitrogens is 1. The molecule has 2 heterocycles. The highest BCUT2D eigenvalue weighted by molar-refractivity contribution is 7.71. The first-order valence-corrected chi connectivity index (χ1v) is 11.1. The number of fused-ring (bicyclic) bond motifs is 2. The molecule has 1 aromatic heterocycles.